The second-order valence-corrected chi connectivity index (χ2v) is 9.41. The molecule has 0 N–H and O–H groups in total. The first-order valence-electron chi connectivity index (χ1n) is 12.8. The molecule has 1 fully saturated rings. The summed E-state index contributed by atoms with van der Waals surface area (Å²) in [6.45, 7) is 3.17. The Bertz CT molecular complexity index is 1410. The molecule has 5 rings (SSSR count). The predicted octanol–water partition coefficient (Wildman–Crippen LogP) is 6.10. The maximum absolute atomic E-state index is 13.0. The Morgan fingerprint density at radius 3 is 2.22 bits per heavy atom. The zero-order valence-corrected chi connectivity index (χ0v) is 21.7. The van der Waals surface area contributed by atoms with Crippen LogP contribution in [0.5, 0.6) is 17.2 Å². The molecule has 2 heterocycles. The molecular formula is C31H33NO5. The van der Waals surface area contributed by atoms with E-state index in [0.717, 1.165) is 59.4 Å². The van der Waals surface area contributed by atoms with E-state index in [9.17, 15) is 4.79 Å². The molecule has 37 heavy (non-hydrogen) atoms. The van der Waals surface area contributed by atoms with Crippen molar-refractivity contribution < 1.29 is 18.6 Å². The molecule has 1 aliphatic rings. The van der Waals surface area contributed by atoms with Crippen LogP contribution >= 0.6 is 0 Å². The Labute approximate surface area is 217 Å². The van der Waals surface area contributed by atoms with Crippen LogP contribution in [0.1, 0.15) is 36.3 Å². The van der Waals surface area contributed by atoms with Gasteiger partial charge in [-0.05, 0) is 62.2 Å². The fourth-order valence-corrected chi connectivity index (χ4v) is 5.45. The molecule has 0 aliphatic carbocycles. The van der Waals surface area contributed by atoms with Gasteiger partial charge in [0, 0.05) is 29.2 Å². The summed E-state index contributed by atoms with van der Waals surface area (Å²) < 4.78 is 23.2. The van der Waals surface area contributed by atoms with E-state index in [1.165, 1.54) is 12.8 Å². The molecule has 1 aliphatic heterocycles. The third kappa shape index (κ3) is 5.07. The summed E-state index contributed by atoms with van der Waals surface area (Å²) in [6.07, 6.45) is 3.32. The summed E-state index contributed by atoms with van der Waals surface area (Å²) in [5.41, 5.74) is 3.77. The van der Waals surface area contributed by atoms with E-state index in [1.54, 1.807) is 27.4 Å². The summed E-state index contributed by atoms with van der Waals surface area (Å²) >= 11 is 0. The molecule has 0 saturated carbocycles. The van der Waals surface area contributed by atoms with E-state index in [2.05, 4.69) is 17.0 Å². The van der Waals surface area contributed by atoms with Crippen molar-refractivity contribution in [3.8, 4) is 28.4 Å². The molecule has 6 heteroatoms. The summed E-state index contributed by atoms with van der Waals surface area (Å²) in [4.78, 5) is 15.5. The average Bonchev–Trinajstić information content (AvgIpc) is 3.47. The predicted molar refractivity (Wildman–Crippen MR) is 146 cm³/mol. The van der Waals surface area contributed by atoms with E-state index in [-0.39, 0.29) is 5.92 Å². The van der Waals surface area contributed by atoms with Gasteiger partial charge in [-0.3, -0.25) is 0 Å². The molecule has 3 aromatic carbocycles. The van der Waals surface area contributed by atoms with Crippen molar-refractivity contribution in [2.75, 3.05) is 41.0 Å². The second kappa shape index (κ2) is 11.1. The molecule has 0 amide bonds. The smallest absolute Gasteiger partial charge is 0.336 e. The number of ether oxygens (including phenoxy) is 3. The van der Waals surface area contributed by atoms with Gasteiger partial charge in [-0.2, -0.15) is 0 Å². The normalized spacial score (nSPS) is 14.6. The number of fused-ring (bicyclic) bond motifs is 1. The van der Waals surface area contributed by atoms with Crippen molar-refractivity contribution in [3.63, 3.8) is 0 Å². The lowest BCUT2D eigenvalue weighted by Crippen LogP contribution is -2.22. The number of hydrogen-bond donors (Lipinski definition) is 0. The first-order chi connectivity index (χ1) is 18.1. The van der Waals surface area contributed by atoms with Crippen molar-refractivity contribution in [1.82, 2.24) is 4.90 Å². The van der Waals surface area contributed by atoms with Gasteiger partial charge in [0.1, 0.15) is 22.8 Å². The number of rotatable bonds is 9. The van der Waals surface area contributed by atoms with Crippen LogP contribution in [0.2, 0.25) is 0 Å². The van der Waals surface area contributed by atoms with Crippen molar-refractivity contribution in [2.45, 2.75) is 25.2 Å². The first-order valence-corrected chi connectivity index (χ1v) is 12.8. The fourth-order valence-electron chi connectivity index (χ4n) is 5.45. The maximum Gasteiger partial charge on any atom is 0.336 e. The number of nitrogens with zero attached hydrogens (tertiary/aromatic N) is 1. The van der Waals surface area contributed by atoms with Gasteiger partial charge >= 0.3 is 5.63 Å². The fraction of sp³-hybridized carbons (Fsp3) is 0.323. The minimum Gasteiger partial charge on any atom is -0.497 e. The monoisotopic (exact) mass is 499 g/mol. The number of benzene rings is 3. The van der Waals surface area contributed by atoms with Gasteiger partial charge in [0.2, 0.25) is 0 Å². The van der Waals surface area contributed by atoms with Crippen LogP contribution in [-0.2, 0) is 0 Å². The van der Waals surface area contributed by atoms with E-state index in [0.29, 0.717) is 17.1 Å². The highest BCUT2D eigenvalue weighted by atomic mass is 16.5. The van der Waals surface area contributed by atoms with Crippen LogP contribution in [-0.4, -0.2) is 45.9 Å². The Morgan fingerprint density at radius 2 is 1.57 bits per heavy atom. The largest absolute Gasteiger partial charge is 0.497 e. The Morgan fingerprint density at radius 1 is 0.865 bits per heavy atom. The lowest BCUT2D eigenvalue weighted by molar-refractivity contribution is 0.325. The van der Waals surface area contributed by atoms with Gasteiger partial charge < -0.3 is 23.5 Å². The third-order valence-electron chi connectivity index (χ3n) is 7.30. The quantitative estimate of drug-likeness (QED) is 0.259. The van der Waals surface area contributed by atoms with Gasteiger partial charge in [0.25, 0.3) is 0 Å². The number of hydrogen-bond acceptors (Lipinski definition) is 6. The molecule has 0 unspecified atom stereocenters. The summed E-state index contributed by atoms with van der Waals surface area (Å²) in [6, 6.07) is 21.4. The molecule has 0 bridgehead atoms. The van der Waals surface area contributed by atoms with Crippen molar-refractivity contribution >= 4 is 11.0 Å². The minimum absolute atomic E-state index is 0.0657. The molecular weight excluding hydrogens is 466 g/mol. The van der Waals surface area contributed by atoms with Gasteiger partial charge in [0.15, 0.2) is 0 Å². The van der Waals surface area contributed by atoms with Crippen LogP contribution in [0.4, 0.5) is 0 Å². The molecule has 4 aromatic rings. The second-order valence-electron chi connectivity index (χ2n) is 9.41. The minimum atomic E-state index is -0.407. The standard InChI is InChI=1S/C31H33NO5/c1-34-23-13-11-22(12-14-23)24(15-18-32-16-7-8-17-32)29-26(35-2)20-27(36-3)30-25(19-28(33)37-31(29)30)21-9-5-4-6-10-21/h4-6,9-14,19-20,24H,7-8,15-18H2,1-3H3/t24-/m1/s1. The molecule has 0 spiro atoms. The molecule has 1 saturated heterocycles. The van der Waals surface area contributed by atoms with Crippen molar-refractivity contribution in [2.24, 2.45) is 0 Å². The molecule has 192 valence electrons. The third-order valence-corrected chi connectivity index (χ3v) is 7.30. The van der Waals surface area contributed by atoms with Crippen LogP contribution in [0, 0.1) is 0 Å². The van der Waals surface area contributed by atoms with Gasteiger partial charge in [0.05, 0.1) is 26.7 Å². The first kappa shape index (κ1) is 24.9. The molecule has 6 nitrogen and oxygen atoms in total. The zero-order chi connectivity index (χ0) is 25.8. The SMILES string of the molecule is COc1ccc([C@@H](CCN2CCCC2)c2c(OC)cc(OC)c3c(-c4ccccc4)cc(=O)oc23)cc1. The van der Waals surface area contributed by atoms with E-state index < -0.39 is 5.63 Å². The summed E-state index contributed by atoms with van der Waals surface area (Å²) in [5.74, 6) is 1.97. The van der Waals surface area contributed by atoms with Crippen LogP contribution < -0.4 is 19.8 Å². The Hall–Kier alpha value is -3.77. The van der Waals surface area contributed by atoms with Gasteiger partial charge in [-0.25, -0.2) is 4.79 Å². The topological polar surface area (TPSA) is 61.1 Å². The molecule has 1 aromatic heterocycles. The van der Waals surface area contributed by atoms with Crippen LogP contribution in [0.3, 0.4) is 0 Å². The van der Waals surface area contributed by atoms with E-state index in [4.69, 9.17) is 18.6 Å². The Kier molecular flexibility index (Phi) is 7.47. The van der Waals surface area contributed by atoms with Gasteiger partial charge in [-0.15, -0.1) is 0 Å². The Balaban J connectivity index is 1.76. The van der Waals surface area contributed by atoms with Crippen LogP contribution in [0.15, 0.2) is 75.9 Å². The lowest BCUT2D eigenvalue weighted by atomic mass is 9.85. The zero-order valence-electron chi connectivity index (χ0n) is 21.7. The van der Waals surface area contributed by atoms with Crippen LogP contribution in [0.25, 0.3) is 22.1 Å². The highest BCUT2D eigenvalue weighted by Gasteiger charge is 2.28. The lowest BCUT2D eigenvalue weighted by Gasteiger charge is -2.25. The number of likely N-dealkylation sites (tertiary alicyclic amines) is 1. The highest BCUT2D eigenvalue weighted by molar-refractivity contribution is 6.00. The van der Waals surface area contributed by atoms with Crippen molar-refractivity contribution in [1.29, 1.82) is 0 Å². The number of methoxy groups -OCH3 is 3. The average molecular weight is 500 g/mol. The molecule has 1 atom stereocenters. The maximum atomic E-state index is 13.0. The van der Waals surface area contributed by atoms with Crippen molar-refractivity contribution in [3.05, 3.63) is 88.3 Å². The van der Waals surface area contributed by atoms with E-state index >= 15 is 0 Å². The van der Waals surface area contributed by atoms with Gasteiger partial charge in [-0.1, -0.05) is 42.5 Å². The van der Waals surface area contributed by atoms with E-state index in [1.807, 2.05) is 48.5 Å². The molecule has 0 radical (unpaired) electrons. The highest BCUT2D eigenvalue weighted by Crippen LogP contribution is 2.46. The summed E-state index contributed by atoms with van der Waals surface area (Å²) in [7, 11) is 4.94. The summed E-state index contributed by atoms with van der Waals surface area (Å²) in [5, 5.41) is 0.767.